The van der Waals surface area contributed by atoms with Crippen molar-refractivity contribution in [1.82, 2.24) is 20.6 Å². The zero-order valence-corrected chi connectivity index (χ0v) is 9.08. The van der Waals surface area contributed by atoms with Crippen LogP contribution < -0.4 is 10.6 Å². The fourth-order valence-electron chi connectivity index (χ4n) is 1.56. The molecule has 0 aromatic carbocycles. The third kappa shape index (κ3) is 2.20. The van der Waals surface area contributed by atoms with Crippen molar-refractivity contribution in [2.75, 3.05) is 13.6 Å². The minimum Gasteiger partial charge on any atom is -0.358 e. The van der Waals surface area contributed by atoms with Crippen molar-refractivity contribution < 1.29 is 4.79 Å². The van der Waals surface area contributed by atoms with E-state index in [1.165, 1.54) is 0 Å². The highest BCUT2D eigenvalue weighted by molar-refractivity contribution is 5.80. The van der Waals surface area contributed by atoms with Gasteiger partial charge in [0.2, 0.25) is 5.91 Å². The Morgan fingerprint density at radius 1 is 1.56 bits per heavy atom. The lowest BCUT2D eigenvalue weighted by molar-refractivity contribution is -0.119. The standard InChI is InChI=1S/C11H14N4O/c1-12-10(16)7-13-5-8-6-15-11-9(8)3-2-4-14-11/h2-4,6,13H,5,7H2,1H3,(H,12,16)(H,14,15). The minimum atomic E-state index is -0.0158. The molecule has 0 bridgehead atoms. The smallest absolute Gasteiger partial charge is 0.233 e. The van der Waals surface area contributed by atoms with E-state index in [1.807, 2.05) is 18.3 Å². The van der Waals surface area contributed by atoms with Gasteiger partial charge in [0.25, 0.3) is 0 Å². The molecule has 0 aliphatic heterocycles. The van der Waals surface area contributed by atoms with Crippen molar-refractivity contribution in [2.24, 2.45) is 0 Å². The monoisotopic (exact) mass is 218 g/mol. The lowest BCUT2D eigenvalue weighted by atomic mass is 10.2. The predicted molar refractivity (Wildman–Crippen MR) is 61.9 cm³/mol. The first kappa shape index (κ1) is 10.6. The number of rotatable bonds is 4. The van der Waals surface area contributed by atoms with Crippen LogP contribution in [0.25, 0.3) is 11.0 Å². The second kappa shape index (κ2) is 4.76. The number of likely N-dealkylation sites (N-methyl/N-ethyl adjacent to an activating group) is 1. The number of H-pyrrole nitrogens is 1. The summed E-state index contributed by atoms with van der Waals surface area (Å²) in [6.07, 6.45) is 3.66. The van der Waals surface area contributed by atoms with Crippen LogP contribution in [0.3, 0.4) is 0 Å². The maximum atomic E-state index is 11.0. The molecular weight excluding hydrogens is 204 g/mol. The summed E-state index contributed by atoms with van der Waals surface area (Å²) < 4.78 is 0. The Morgan fingerprint density at radius 2 is 2.44 bits per heavy atom. The topological polar surface area (TPSA) is 69.8 Å². The lowest BCUT2D eigenvalue weighted by Gasteiger charge is -2.02. The van der Waals surface area contributed by atoms with Gasteiger partial charge in [0.05, 0.1) is 6.54 Å². The van der Waals surface area contributed by atoms with Gasteiger partial charge in [-0.25, -0.2) is 4.98 Å². The average molecular weight is 218 g/mol. The fourth-order valence-corrected chi connectivity index (χ4v) is 1.56. The van der Waals surface area contributed by atoms with E-state index in [-0.39, 0.29) is 5.91 Å². The molecule has 2 aromatic heterocycles. The number of pyridine rings is 1. The van der Waals surface area contributed by atoms with E-state index < -0.39 is 0 Å². The third-order valence-electron chi connectivity index (χ3n) is 2.42. The zero-order chi connectivity index (χ0) is 11.4. The fraction of sp³-hybridized carbons (Fsp3) is 0.273. The molecule has 16 heavy (non-hydrogen) atoms. The van der Waals surface area contributed by atoms with Crippen LogP contribution in [0, 0.1) is 0 Å². The van der Waals surface area contributed by atoms with Crippen LogP contribution in [0.1, 0.15) is 5.56 Å². The van der Waals surface area contributed by atoms with Gasteiger partial charge >= 0.3 is 0 Å². The van der Waals surface area contributed by atoms with Crippen LogP contribution in [0.5, 0.6) is 0 Å². The molecule has 0 aliphatic rings. The highest BCUT2D eigenvalue weighted by Gasteiger charge is 2.03. The number of carbonyl (C=O) groups excluding carboxylic acids is 1. The molecule has 0 atom stereocenters. The summed E-state index contributed by atoms with van der Waals surface area (Å²) in [6, 6.07) is 3.91. The van der Waals surface area contributed by atoms with Gasteiger partial charge in [-0.3, -0.25) is 4.79 Å². The van der Waals surface area contributed by atoms with Crippen molar-refractivity contribution in [3.05, 3.63) is 30.1 Å². The molecule has 3 N–H and O–H groups in total. The van der Waals surface area contributed by atoms with E-state index in [9.17, 15) is 4.79 Å². The molecule has 0 aliphatic carbocycles. The maximum Gasteiger partial charge on any atom is 0.233 e. The number of amides is 1. The van der Waals surface area contributed by atoms with Crippen LogP contribution in [0.4, 0.5) is 0 Å². The molecule has 0 fully saturated rings. The van der Waals surface area contributed by atoms with Crippen molar-refractivity contribution in [2.45, 2.75) is 6.54 Å². The van der Waals surface area contributed by atoms with Crippen LogP contribution in [0.2, 0.25) is 0 Å². The number of carbonyl (C=O) groups is 1. The van der Waals surface area contributed by atoms with Crippen molar-refractivity contribution in [1.29, 1.82) is 0 Å². The number of aromatic amines is 1. The number of hydrogen-bond acceptors (Lipinski definition) is 3. The first-order valence-corrected chi connectivity index (χ1v) is 5.13. The summed E-state index contributed by atoms with van der Waals surface area (Å²) in [5, 5.41) is 6.72. The number of hydrogen-bond donors (Lipinski definition) is 3. The Kier molecular flexibility index (Phi) is 3.16. The van der Waals surface area contributed by atoms with Gasteiger partial charge in [0.15, 0.2) is 0 Å². The number of fused-ring (bicyclic) bond motifs is 1. The van der Waals surface area contributed by atoms with Gasteiger partial charge in [-0.2, -0.15) is 0 Å². The molecule has 5 heteroatoms. The number of aromatic nitrogens is 2. The van der Waals surface area contributed by atoms with E-state index in [4.69, 9.17) is 0 Å². The summed E-state index contributed by atoms with van der Waals surface area (Å²) in [5.41, 5.74) is 1.99. The van der Waals surface area contributed by atoms with Gasteiger partial charge in [-0.05, 0) is 17.7 Å². The van der Waals surface area contributed by atoms with E-state index >= 15 is 0 Å². The molecule has 0 spiro atoms. The number of nitrogens with one attached hydrogen (secondary N) is 3. The quantitative estimate of drug-likeness (QED) is 0.695. The van der Waals surface area contributed by atoms with Crippen LogP contribution in [-0.2, 0) is 11.3 Å². The van der Waals surface area contributed by atoms with E-state index in [1.54, 1.807) is 13.2 Å². The van der Waals surface area contributed by atoms with Crippen LogP contribution in [0.15, 0.2) is 24.5 Å². The molecule has 2 rings (SSSR count). The van der Waals surface area contributed by atoms with E-state index in [0.717, 1.165) is 16.6 Å². The SMILES string of the molecule is CNC(=O)CNCc1c[nH]c2ncccc12. The Morgan fingerprint density at radius 3 is 3.25 bits per heavy atom. The normalized spacial score (nSPS) is 10.6. The first-order chi connectivity index (χ1) is 7.81. The van der Waals surface area contributed by atoms with Gasteiger partial charge in [0, 0.05) is 31.4 Å². The van der Waals surface area contributed by atoms with Gasteiger partial charge in [-0.1, -0.05) is 0 Å². The Bertz CT molecular complexity index is 491. The predicted octanol–water partition coefficient (Wildman–Crippen LogP) is 0.398. The lowest BCUT2D eigenvalue weighted by Crippen LogP contribution is -2.30. The van der Waals surface area contributed by atoms with Gasteiger partial charge in [-0.15, -0.1) is 0 Å². The van der Waals surface area contributed by atoms with E-state index in [2.05, 4.69) is 20.6 Å². The largest absolute Gasteiger partial charge is 0.358 e. The highest BCUT2D eigenvalue weighted by atomic mass is 16.1. The molecule has 0 radical (unpaired) electrons. The second-order valence-electron chi connectivity index (χ2n) is 3.49. The summed E-state index contributed by atoms with van der Waals surface area (Å²) in [7, 11) is 1.62. The molecule has 2 aromatic rings. The Hall–Kier alpha value is -1.88. The molecule has 0 saturated heterocycles. The molecular formula is C11H14N4O. The summed E-state index contributed by atoms with van der Waals surface area (Å²) >= 11 is 0. The number of nitrogens with zero attached hydrogens (tertiary/aromatic N) is 1. The Balaban J connectivity index is 2.02. The average Bonchev–Trinajstić information content (AvgIpc) is 2.73. The van der Waals surface area contributed by atoms with Crippen LogP contribution in [-0.4, -0.2) is 29.5 Å². The molecule has 0 saturated carbocycles. The van der Waals surface area contributed by atoms with Gasteiger partial charge < -0.3 is 15.6 Å². The maximum absolute atomic E-state index is 11.0. The first-order valence-electron chi connectivity index (χ1n) is 5.13. The third-order valence-corrected chi connectivity index (χ3v) is 2.42. The highest BCUT2D eigenvalue weighted by Crippen LogP contribution is 2.14. The minimum absolute atomic E-state index is 0.0158. The molecule has 5 nitrogen and oxygen atoms in total. The summed E-state index contributed by atoms with van der Waals surface area (Å²) in [6.45, 7) is 0.975. The molecule has 84 valence electrons. The molecule has 1 amide bonds. The summed E-state index contributed by atoms with van der Waals surface area (Å²) in [5.74, 6) is -0.0158. The second-order valence-corrected chi connectivity index (χ2v) is 3.49. The van der Waals surface area contributed by atoms with Gasteiger partial charge in [0.1, 0.15) is 5.65 Å². The van der Waals surface area contributed by atoms with Crippen molar-refractivity contribution >= 4 is 16.9 Å². The Labute approximate surface area is 93.3 Å². The van der Waals surface area contributed by atoms with E-state index in [0.29, 0.717) is 13.1 Å². The van der Waals surface area contributed by atoms with Crippen LogP contribution >= 0.6 is 0 Å². The molecule has 2 heterocycles. The van der Waals surface area contributed by atoms with Crippen molar-refractivity contribution in [3.8, 4) is 0 Å². The molecule has 0 unspecified atom stereocenters. The van der Waals surface area contributed by atoms with Crippen molar-refractivity contribution in [3.63, 3.8) is 0 Å². The summed E-state index contributed by atoms with van der Waals surface area (Å²) in [4.78, 5) is 18.3. The zero-order valence-electron chi connectivity index (χ0n) is 9.08.